The van der Waals surface area contributed by atoms with Crippen LogP contribution in [0.25, 0.3) is 0 Å². The van der Waals surface area contributed by atoms with Crippen molar-refractivity contribution < 1.29 is 19.2 Å². The van der Waals surface area contributed by atoms with E-state index >= 15 is 0 Å². The monoisotopic (exact) mass is 251 g/mol. The van der Waals surface area contributed by atoms with Crippen molar-refractivity contribution in [3.8, 4) is 5.75 Å². The molecule has 0 radical (unpaired) electrons. The third kappa shape index (κ3) is 2.65. The van der Waals surface area contributed by atoms with E-state index in [1.54, 1.807) is 19.1 Å². The molecule has 1 aromatic rings. The van der Waals surface area contributed by atoms with Crippen molar-refractivity contribution in [3.63, 3.8) is 0 Å². The molecule has 1 fully saturated rings. The summed E-state index contributed by atoms with van der Waals surface area (Å²) in [6, 6.07) is 3.39. The predicted octanol–water partition coefficient (Wildman–Crippen LogP) is 1.77. The van der Waals surface area contributed by atoms with Gasteiger partial charge in [0.1, 0.15) is 0 Å². The Morgan fingerprint density at radius 3 is 2.78 bits per heavy atom. The van der Waals surface area contributed by atoms with Gasteiger partial charge in [-0.1, -0.05) is 12.1 Å². The molecule has 1 saturated heterocycles. The van der Waals surface area contributed by atoms with Crippen molar-refractivity contribution in [2.24, 2.45) is 0 Å². The number of epoxide rings is 1. The van der Waals surface area contributed by atoms with Gasteiger partial charge in [-0.25, -0.2) is 0 Å². The second-order valence-electron chi connectivity index (χ2n) is 4.23. The van der Waals surface area contributed by atoms with Gasteiger partial charge in [0, 0.05) is 24.5 Å². The molecule has 1 aliphatic heterocycles. The zero-order valence-corrected chi connectivity index (χ0v) is 10.1. The van der Waals surface area contributed by atoms with Crippen LogP contribution in [-0.4, -0.2) is 23.6 Å². The van der Waals surface area contributed by atoms with E-state index in [9.17, 15) is 14.9 Å². The van der Waals surface area contributed by atoms with Gasteiger partial charge in [0.15, 0.2) is 0 Å². The average molecular weight is 251 g/mol. The number of nitro benzene ring substituents is 1. The molecule has 0 spiro atoms. The first-order chi connectivity index (χ1) is 8.49. The molecule has 0 bridgehead atoms. The summed E-state index contributed by atoms with van der Waals surface area (Å²) in [5, 5.41) is 11.1. The van der Waals surface area contributed by atoms with Crippen LogP contribution in [0.2, 0.25) is 0 Å². The fourth-order valence-electron chi connectivity index (χ4n) is 1.79. The van der Waals surface area contributed by atoms with Crippen LogP contribution in [0.4, 0.5) is 5.69 Å². The summed E-state index contributed by atoms with van der Waals surface area (Å²) >= 11 is 0. The number of hydrogen-bond donors (Lipinski definition) is 0. The van der Waals surface area contributed by atoms with Gasteiger partial charge < -0.3 is 9.47 Å². The average Bonchev–Trinajstić information content (AvgIpc) is 3.04. The van der Waals surface area contributed by atoms with Gasteiger partial charge in [-0.05, 0) is 6.92 Å². The molecule has 96 valence electrons. The number of ether oxygens (including phenoxy) is 2. The zero-order valence-electron chi connectivity index (χ0n) is 10.1. The van der Waals surface area contributed by atoms with E-state index < -0.39 is 10.9 Å². The van der Waals surface area contributed by atoms with E-state index in [0.717, 1.165) is 0 Å². The first kappa shape index (κ1) is 12.5. The summed E-state index contributed by atoms with van der Waals surface area (Å²) in [7, 11) is 0. The Balaban J connectivity index is 2.46. The second kappa shape index (κ2) is 4.73. The normalized spacial score (nSPS) is 17.3. The number of hydrogen-bond acceptors (Lipinski definition) is 5. The Bertz CT molecular complexity index is 507. The molecule has 6 nitrogen and oxygen atoms in total. The molecule has 6 heteroatoms. The van der Waals surface area contributed by atoms with Crippen LogP contribution in [0.15, 0.2) is 12.1 Å². The van der Waals surface area contributed by atoms with Crippen LogP contribution in [0.5, 0.6) is 5.75 Å². The molecule has 1 heterocycles. The Kier molecular flexibility index (Phi) is 3.29. The van der Waals surface area contributed by atoms with Crippen LogP contribution in [-0.2, 0) is 16.0 Å². The Morgan fingerprint density at radius 2 is 2.28 bits per heavy atom. The van der Waals surface area contributed by atoms with Gasteiger partial charge in [0.25, 0.3) is 0 Å². The molecule has 0 aliphatic carbocycles. The predicted molar refractivity (Wildman–Crippen MR) is 62.6 cm³/mol. The van der Waals surface area contributed by atoms with Gasteiger partial charge in [0.2, 0.25) is 5.75 Å². The van der Waals surface area contributed by atoms with Crippen molar-refractivity contribution in [1.82, 2.24) is 0 Å². The van der Waals surface area contributed by atoms with E-state index in [1.807, 2.05) is 0 Å². The summed E-state index contributed by atoms with van der Waals surface area (Å²) in [5.41, 5.74) is 0.949. The molecule has 0 N–H and O–H groups in total. The van der Waals surface area contributed by atoms with Crippen molar-refractivity contribution in [3.05, 3.63) is 33.4 Å². The second-order valence-corrected chi connectivity index (χ2v) is 4.23. The number of carbonyl (C=O) groups excluding carboxylic acids is 1. The first-order valence-electron chi connectivity index (χ1n) is 5.56. The number of nitrogens with zero attached hydrogens (tertiary/aromatic N) is 1. The first-order valence-corrected chi connectivity index (χ1v) is 5.56. The number of nitro groups is 1. The fourth-order valence-corrected chi connectivity index (χ4v) is 1.79. The molecule has 1 aliphatic rings. The Hall–Kier alpha value is -1.95. The highest BCUT2D eigenvalue weighted by molar-refractivity contribution is 5.73. The summed E-state index contributed by atoms with van der Waals surface area (Å²) in [5.74, 6) is -0.523. The summed E-state index contributed by atoms with van der Waals surface area (Å²) in [4.78, 5) is 21.6. The molecule has 1 unspecified atom stereocenters. The van der Waals surface area contributed by atoms with Crippen molar-refractivity contribution in [2.75, 3.05) is 6.61 Å². The quantitative estimate of drug-likeness (QED) is 0.268. The topological polar surface area (TPSA) is 82.0 Å². The molecule has 1 atom stereocenters. The van der Waals surface area contributed by atoms with Crippen LogP contribution in [0, 0.1) is 17.0 Å². The van der Waals surface area contributed by atoms with E-state index in [0.29, 0.717) is 24.2 Å². The molecule has 0 amide bonds. The molecular formula is C12H13NO5. The van der Waals surface area contributed by atoms with Gasteiger partial charge >= 0.3 is 11.7 Å². The SMILES string of the molecule is CC(=O)Oc1c(CC2CO2)ccc(C)c1[N+](=O)[O-]. The molecular weight excluding hydrogens is 238 g/mol. The number of esters is 1. The minimum Gasteiger partial charge on any atom is -0.419 e. The Labute approximate surface area is 104 Å². The van der Waals surface area contributed by atoms with Gasteiger partial charge in [-0.3, -0.25) is 14.9 Å². The van der Waals surface area contributed by atoms with Crippen LogP contribution in [0.3, 0.4) is 0 Å². The molecule has 2 rings (SSSR count). The van der Waals surface area contributed by atoms with Crippen LogP contribution in [0.1, 0.15) is 18.1 Å². The largest absolute Gasteiger partial charge is 0.419 e. The summed E-state index contributed by atoms with van der Waals surface area (Å²) < 4.78 is 10.1. The molecule has 0 aromatic heterocycles. The van der Waals surface area contributed by atoms with E-state index in [4.69, 9.17) is 9.47 Å². The van der Waals surface area contributed by atoms with E-state index in [-0.39, 0.29) is 17.5 Å². The minimum atomic E-state index is -0.568. The van der Waals surface area contributed by atoms with E-state index in [1.165, 1.54) is 6.92 Å². The third-order valence-electron chi connectivity index (χ3n) is 2.69. The van der Waals surface area contributed by atoms with Crippen LogP contribution >= 0.6 is 0 Å². The van der Waals surface area contributed by atoms with Crippen molar-refractivity contribution >= 4 is 11.7 Å². The maximum atomic E-state index is 11.1. The smallest absolute Gasteiger partial charge is 0.314 e. The lowest BCUT2D eigenvalue weighted by Gasteiger charge is -2.10. The molecule has 1 aromatic carbocycles. The van der Waals surface area contributed by atoms with Gasteiger partial charge in [-0.2, -0.15) is 0 Å². The number of carbonyl (C=O) groups is 1. The minimum absolute atomic E-state index is 0.0444. The fraction of sp³-hybridized carbons (Fsp3) is 0.417. The van der Waals surface area contributed by atoms with E-state index in [2.05, 4.69) is 0 Å². The van der Waals surface area contributed by atoms with Gasteiger partial charge in [0.05, 0.1) is 17.6 Å². The van der Waals surface area contributed by atoms with Crippen molar-refractivity contribution in [1.29, 1.82) is 0 Å². The standard InChI is InChI=1S/C12H13NO5/c1-7-3-4-9(5-10-6-17-10)12(18-8(2)14)11(7)13(15)16/h3-4,10H,5-6H2,1-2H3. The molecule has 0 saturated carbocycles. The summed E-state index contributed by atoms with van der Waals surface area (Å²) in [6.07, 6.45) is 0.589. The highest BCUT2D eigenvalue weighted by atomic mass is 16.6. The maximum Gasteiger partial charge on any atom is 0.314 e. The molecule has 18 heavy (non-hydrogen) atoms. The number of benzene rings is 1. The highest BCUT2D eigenvalue weighted by Gasteiger charge is 2.29. The maximum absolute atomic E-state index is 11.1. The number of rotatable bonds is 4. The Morgan fingerprint density at radius 1 is 1.61 bits per heavy atom. The van der Waals surface area contributed by atoms with Crippen LogP contribution < -0.4 is 4.74 Å². The van der Waals surface area contributed by atoms with Crippen molar-refractivity contribution in [2.45, 2.75) is 26.4 Å². The lowest BCUT2D eigenvalue weighted by Crippen LogP contribution is -2.09. The number of aryl methyl sites for hydroxylation is 1. The van der Waals surface area contributed by atoms with Gasteiger partial charge in [-0.15, -0.1) is 0 Å². The third-order valence-corrected chi connectivity index (χ3v) is 2.69. The lowest BCUT2D eigenvalue weighted by atomic mass is 10.0. The zero-order chi connectivity index (χ0) is 13.3. The highest BCUT2D eigenvalue weighted by Crippen LogP contribution is 2.36. The summed E-state index contributed by atoms with van der Waals surface area (Å²) in [6.45, 7) is 3.48. The lowest BCUT2D eigenvalue weighted by molar-refractivity contribution is -0.386.